The van der Waals surface area contributed by atoms with E-state index in [1.165, 1.54) is 11.1 Å². The van der Waals surface area contributed by atoms with Crippen molar-refractivity contribution in [3.05, 3.63) is 34.4 Å². The van der Waals surface area contributed by atoms with Crippen molar-refractivity contribution in [3.63, 3.8) is 0 Å². The van der Waals surface area contributed by atoms with Gasteiger partial charge in [-0.05, 0) is 47.9 Å². The van der Waals surface area contributed by atoms with Gasteiger partial charge in [0, 0.05) is 13.1 Å². The van der Waals surface area contributed by atoms with Crippen LogP contribution in [-0.4, -0.2) is 29.1 Å². The molecule has 3 nitrogen and oxygen atoms in total. The molecule has 4 heteroatoms. The molecule has 19 heavy (non-hydrogen) atoms. The summed E-state index contributed by atoms with van der Waals surface area (Å²) >= 11 is 0. The SMILES string of the molecule is O=C(CF)N1CCc2c(ccc3c2CCC[C@@H]3O)C1. The van der Waals surface area contributed by atoms with E-state index >= 15 is 0 Å². The highest BCUT2D eigenvalue weighted by atomic mass is 19.1. The Morgan fingerprint density at radius 2 is 2.21 bits per heavy atom. The van der Waals surface area contributed by atoms with Crippen LogP contribution < -0.4 is 0 Å². The van der Waals surface area contributed by atoms with Crippen molar-refractivity contribution in [1.29, 1.82) is 0 Å². The van der Waals surface area contributed by atoms with Crippen LogP contribution in [0.4, 0.5) is 4.39 Å². The third-order valence-corrected chi connectivity index (χ3v) is 4.29. The lowest BCUT2D eigenvalue weighted by atomic mass is 9.82. The minimum absolute atomic E-state index is 0.348. The zero-order valence-electron chi connectivity index (χ0n) is 10.9. The van der Waals surface area contributed by atoms with Crippen molar-refractivity contribution in [1.82, 2.24) is 4.90 Å². The average molecular weight is 263 g/mol. The number of aliphatic hydroxyl groups is 1. The molecule has 1 atom stereocenters. The maximum Gasteiger partial charge on any atom is 0.254 e. The number of alkyl halides is 1. The number of hydrogen-bond acceptors (Lipinski definition) is 2. The first-order valence-corrected chi connectivity index (χ1v) is 6.86. The summed E-state index contributed by atoms with van der Waals surface area (Å²) in [7, 11) is 0. The summed E-state index contributed by atoms with van der Waals surface area (Å²) in [6.45, 7) is 0.169. The molecule has 0 spiro atoms. The van der Waals surface area contributed by atoms with Gasteiger partial charge in [-0.25, -0.2) is 4.39 Å². The molecule has 0 fully saturated rings. The molecule has 1 aromatic carbocycles. The minimum Gasteiger partial charge on any atom is -0.388 e. The molecule has 102 valence electrons. The lowest BCUT2D eigenvalue weighted by Gasteiger charge is -2.32. The molecule has 1 heterocycles. The second-order valence-electron chi connectivity index (χ2n) is 5.38. The molecule has 0 saturated heterocycles. The Morgan fingerprint density at radius 1 is 1.37 bits per heavy atom. The number of carbonyl (C=O) groups excluding carboxylic acids is 1. The maximum absolute atomic E-state index is 12.4. The number of amides is 1. The fourth-order valence-corrected chi connectivity index (χ4v) is 3.28. The topological polar surface area (TPSA) is 40.5 Å². The largest absolute Gasteiger partial charge is 0.388 e. The Kier molecular flexibility index (Phi) is 3.27. The van der Waals surface area contributed by atoms with Crippen molar-refractivity contribution < 1.29 is 14.3 Å². The van der Waals surface area contributed by atoms with Crippen LogP contribution in [0.3, 0.4) is 0 Å². The Bertz CT molecular complexity index is 515. The highest BCUT2D eigenvalue weighted by Crippen LogP contribution is 2.35. The molecular weight excluding hydrogens is 245 g/mol. The van der Waals surface area contributed by atoms with Crippen molar-refractivity contribution >= 4 is 5.91 Å². The fourth-order valence-electron chi connectivity index (χ4n) is 3.28. The second kappa shape index (κ2) is 4.93. The Balaban J connectivity index is 1.94. The molecule has 1 aliphatic heterocycles. The molecule has 0 aromatic heterocycles. The van der Waals surface area contributed by atoms with Crippen LogP contribution in [0.1, 0.15) is 41.2 Å². The average Bonchev–Trinajstić information content (AvgIpc) is 2.46. The number of benzene rings is 1. The van der Waals surface area contributed by atoms with E-state index in [1.54, 1.807) is 4.90 Å². The molecule has 3 rings (SSSR count). The first-order valence-electron chi connectivity index (χ1n) is 6.86. The maximum atomic E-state index is 12.4. The van der Waals surface area contributed by atoms with Crippen LogP contribution >= 0.6 is 0 Å². The molecule has 0 saturated carbocycles. The number of nitrogens with zero attached hydrogens (tertiary/aromatic N) is 1. The number of rotatable bonds is 1. The first-order chi connectivity index (χ1) is 9.20. The van der Waals surface area contributed by atoms with Gasteiger partial charge in [-0.15, -0.1) is 0 Å². The van der Waals surface area contributed by atoms with E-state index in [0.717, 1.165) is 36.8 Å². The Hall–Kier alpha value is -1.42. The molecule has 1 aromatic rings. The standard InChI is InChI=1S/C15H18FNO2/c16-8-15(19)17-7-6-11-10(9-17)4-5-13-12(11)2-1-3-14(13)18/h4-5,14,18H,1-3,6-9H2/t14-/m0/s1. The predicted octanol–water partition coefficient (Wildman–Crippen LogP) is 1.91. The molecule has 0 unspecified atom stereocenters. The second-order valence-corrected chi connectivity index (χ2v) is 5.38. The highest BCUT2D eigenvalue weighted by Gasteiger charge is 2.26. The zero-order valence-corrected chi connectivity index (χ0v) is 10.9. The molecule has 1 aliphatic carbocycles. The Labute approximate surface area is 112 Å². The lowest BCUT2D eigenvalue weighted by molar-refractivity contribution is -0.133. The van der Waals surface area contributed by atoms with E-state index in [9.17, 15) is 14.3 Å². The monoisotopic (exact) mass is 263 g/mol. The van der Waals surface area contributed by atoms with E-state index < -0.39 is 12.6 Å². The van der Waals surface area contributed by atoms with Crippen LogP contribution in [0.25, 0.3) is 0 Å². The summed E-state index contributed by atoms with van der Waals surface area (Å²) in [5.41, 5.74) is 4.71. The van der Waals surface area contributed by atoms with Crippen molar-refractivity contribution in [2.45, 2.75) is 38.3 Å². The van der Waals surface area contributed by atoms with E-state index in [-0.39, 0.29) is 6.10 Å². The van der Waals surface area contributed by atoms with Gasteiger partial charge < -0.3 is 10.0 Å². The third kappa shape index (κ3) is 2.14. The summed E-state index contributed by atoms with van der Waals surface area (Å²) in [5.74, 6) is -0.427. The zero-order chi connectivity index (χ0) is 13.4. The number of halogens is 1. The van der Waals surface area contributed by atoms with Gasteiger partial charge in [0.1, 0.15) is 0 Å². The number of fused-ring (bicyclic) bond motifs is 3. The predicted molar refractivity (Wildman–Crippen MR) is 69.4 cm³/mol. The van der Waals surface area contributed by atoms with Gasteiger partial charge in [0.15, 0.2) is 6.67 Å². The van der Waals surface area contributed by atoms with Gasteiger partial charge in [0.05, 0.1) is 6.10 Å². The molecule has 2 aliphatic rings. The van der Waals surface area contributed by atoms with Crippen LogP contribution in [-0.2, 0) is 24.2 Å². The van der Waals surface area contributed by atoms with Gasteiger partial charge in [-0.1, -0.05) is 12.1 Å². The van der Waals surface area contributed by atoms with Crippen LogP contribution in [0, 0.1) is 0 Å². The summed E-state index contributed by atoms with van der Waals surface area (Å²) < 4.78 is 12.4. The smallest absolute Gasteiger partial charge is 0.254 e. The summed E-state index contributed by atoms with van der Waals surface area (Å²) in [6.07, 6.45) is 3.28. The van der Waals surface area contributed by atoms with Crippen LogP contribution in [0.5, 0.6) is 0 Å². The van der Waals surface area contributed by atoms with Crippen LogP contribution in [0.15, 0.2) is 12.1 Å². The normalized spacial score (nSPS) is 21.8. The molecule has 1 N–H and O–H groups in total. The van der Waals surface area contributed by atoms with Crippen molar-refractivity contribution in [2.75, 3.05) is 13.2 Å². The van der Waals surface area contributed by atoms with Crippen molar-refractivity contribution in [3.8, 4) is 0 Å². The van der Waals surface area contributed by atoms with Gasteiger partial charge in [-0.3, -0.25) is 4.79 Å². The number of hydrogen-bond donors (Lipinski definition) is 1. The summed E-state index contributed by atoms with van der Waals surface area (Å²) in [6, 6.07) is 3.96. The van der Waals surface area contributed by atoms with Gasteiger partial charge in [0.25, 0.3) is 5.91 Å². The highest BCUT2D eigenvalue weighted by molar-refractivity contribution is 5.77. The first kappa shape index (κ1) is 12.6. The van der Waals surface area contributed by atoms with E-state index in [0.29, 0.717) is 13.1 Å². The third-order valence-electron chi connectivity index (χ3n) is 4.29. The van der Waals surface area contributed by atoms with Gasteiger partial charge in [0.2, 0.25) is 0 Å². The minimum atomic E-state index is -0.918. The molecular formula is C15H18FNO2. The quantitative estimate of drug-likeness (QED) is 0.841. The van der Waals surface area contributed by atoms with E-state index in [2.05, 4.69) is 0 Å². The van der Waals surface area contributed by atoms with Gasteiger partial charge in [-0.2, -0.15) is 0 Å². The fraction of sp³-hybridized carbons (Fsp3) is 0.533. The molecule has 0 bridgehead atoms. The number of aliphatic hydroxyl groups excluding tert-OH is 1. The summed E-state index contributed by atoms with van der Waals surface area (Å²) in [5, 5.41) is 10.0. The van der Waals surface area contributed by atoms with E-state index in [1.807, 2.05) is 12.1 Å². The van der Waals surface area contributed by atoms with Gasteiger partial charge >= 0.3 is 0 Å². The van der Waals surface area contributed by atoms with Crippen molar-refractivity contribution in [2.24, 2.45) is 0 Å². The lowest BCUT2D eigenvalue weighted by Crippen LogP contribution is -2.37. The van der Waals surface area contributed by atoms with Crippen LogP contribution in [0.2, 0.25) is 0 Å². The molecule has 0 radical (unpaired) electrons. The number of carbonyl (C=O) groups is 1. The Morgan fingerprint density at radius 3 is 3.00 bits per heavy atom. The van der Waals surface area contributed by atoms with E-state index in [4.69, 9.17) is 0 Å². The molecule has 1 amide bonds. The summed E-state index contributed by atoms with van der Waals surface area (Å²) in [4.78, 5) is 13.0.